The van der Waals surface area contributed by atoms with Gasteiger partial charge in [-0.05, 0) is 31.4 Å². The van der Waals surface area contributed by atoms with Gasteiger partial charge in [0.25, 0.3) is 5.91 Å². The van der Waals surface area contributed by atoms with Gasteiger partial charge in [-0.25, -0.2) is 0 Å². The minimum absolute atomic E-state index is 0.264. The molecule has 2 heterocycles. The first-order chi connectivity index (χ1) is 12.8. The molecule has 26 heavy (non-hydrogen) atoms. The second-order valence-corrected chi connectivity index (χ2v) is 6.46. The van der Waals surface area contributed by atoms with E-state index in [9.17, 15) is 4.79 Å². The van der Waals surface area contributed by atoms with Gasteiger partial charge in [-0.3, -0.25) is 4.79 Å². The van der Waals surface area contributed by atoms with Gasteiger partial charge < -0.3 is 14.7 Å². The van der Waals surface area contributed by atoms with Gasteiger partial charge in [0.2, 0.25) is 0 Å². The number of anilines is 2. The Hall–Kier alpha value is -3.08. The standard InChI is InChI=1S/C21H21N3O2/c25-21(18-15-20(26-23-18)16-9-3-1-4-10-16)22-17-11-5-6-12-19(17)24-13-7-2-8-14-24/h1,3-6,9-12,15H,2,7-8,13-14H2,(H,22,25). The third-order valence-corrected chi connectivity index (χ3v) is 4.65. The van der Waals surface area contributed by atoms with E-state index < -0.39 is 0 Å². The molecule has 0 atom stereocenters. The first-order valence-corrected chi connectivity index (χ1v) is 8.99. The number of nitrogens with zero attached hydrogens (tertiary/aromatic N) is 2. The minimum Gasteiger partial charge on any atom is -0.370 e. The molecule has 1 aliphatic rings. The summed E-state index contributed by atoms with van der Waals surface area (Å²) in [7, 11) is 0. The van der Waals surface area contributed by atoms with Gasteiger partial charge in [0.1, 0.15) is 0 Å². The van der Waals surface area contributed by atoms with Crippen LogP contribution in [0.15, 0.2) is 65.2 Å². The Kier molecular flexibility index (Phi) is 4.69. The molecule has 2 aromatic carbocycles. The van der Waals surface area contributed by atoms with E-state index in [-0.39, 0.29) is 11.6 Å². The maximum atomic E-state index is 12.6. The highest BCUT2D eigenvalue weighted by atomic mass is 16.5. The fourth-order valence-corrected chi connectivity index (χ4v) is 3.30. The fraction of sp³-hybridized carbons (Fsp3) is 0.238. The van der Waals surface area contributed by atoms with Crippen LogP contribution in [0.25, 0.3) is 11.3 Å². The second kappa shape index (κ2) is 7.44. The van der Waals surface area contributed by atoms with Gasteiger partial charge >= 0.3 is 0 Å². The maximum absolute atomic E-state index is 12.6. The first kappa shape index (κ1) is 16.4. The van der Waals surface area contributed by atoms with E-state index in [2.05, 4.69) is 21.4 Å². The Labute approximate surface area is 152 Å². The van der Waals surface area contributed by atoms with Crippen LogP contribution in [0.4, 0.5) is 11.4 Å². The summed E-state index contributed by atoms with van der Waals surface area (Å²) in [6.45, 7) is 2.05. The lowest BCUT2D eigenvalue weighted by Gasteiger charge is -2.30. The van der Waals surface area contributed by atoms with Crippen LogP contribution in [0.1, 0.15) is 29.8 Å². The largest absolute Gasteiger partial charge is 0.370 e. The van der Waals surface area contributed by atoms with Crippen molar-refractivity contribution < 1.29 is 9.32 Å². The zero-order valence-corrected chi connectivity index (χ0v) is 14.5. The van der Waals surface area contributed by atoms with Crippen LogP contribution in [-0.2, 0) is 0 Å². The van der Waals surface area contributed by atoms with Crippen molar-refractivity contribution in [1.82, 2.24) is 5.16 Å². The Morgan fingerprint density at radius 2 is 1.69 bits per heavy atom. The molecule has 5 heteroatoms. The molecule has 1 saturated heterocycles. The monoisotopic (exact) mass is 347 g/mol. The number of hydrogen-bond donors (Lipinski definition) is 1. The van der Waals surface area contributed by atoms with E-state index in [1.807, 2.05) is 48.5 Å². The smallest absolute Gasteiger partial charge is 0.277 e. The lowest BCUT2D eigenvalue weighted by Crippen LogP contribution is -2.30. The number of rotatable bonds is 4. The topological polar surface area (TPSA) is 58.4 Å². The van der Waals surface area contributed by atoms with Gasteiger partial charge in [0.05, 0.1) is 11.4 Å². The number of nitrogens with one attached hydrogen (secondary N) is 1. The molecule has 5 nitrogen and oxygen atoms in total. The van der Waals surface area contributed by atoms with Crippen molar-refractivity contribution >= 4 is 17.3 Å². The summed E-state index contributed by atoms with van der Waals surface area (Å²) in [4.78, 5) is 15.0. The summed E-state index contributed by atoms with van der Waals surface area (Å²) in [5, 5.41) is 6.92. The number of piperidine rings is 1. The van der Waals surface area contributed by atoms with E-state index in [1.165, 1.54) is 19.3 Å². The summed E-state index contributed by atoms with van der Waals surface area (Å²) in [6.07, 6.45) is 3.64. The maximum Gasteiger partial charge on any atom is 0.277 e. The van der Waals surface area contributed by atoms with E-state index in [0.717, 1.165) is 30.0 Å². The molecular weight excluding hydrogens is 326 g/mol. The van der Waals surface area contributed by atoms with E-state index in [4.69, 9.17) is 4.52 Å². The zero-order valence-electron chi connectivity index (χ0n) is 14.5. The summed E-state index contributed by atoms with van der Waals surface area (Å²) in [5.74, 6) is 0.320. The summed E-state index contributed by atoms with van der Waals surface area (Å²) in [6, 6.07) is 19.2. The molecule has 0 aliphatic carbocycles. The van der Waals surface area contributed by atoms with Crippen molar-refractivity contribution in [2.24, 2.45) is 0 Å². The summed E-state index contributed by atoms with van der Waals surface area (Å²) >= 11 is 0. The predicted molar refractivity (Wildman–Crippen MR) is 102 cm³/mol. The van der Waals surface area contributed by atoms with E-state index >= 15 is 0 Å². The van der Waals surface area contributed by atoms with Crippen molar-refractivity contribution in [3.8, 4) is 11.3 Å². The van der Waals surface area contributed by atoms with Crippen molar-refractivity contribution in [1.29, 1.82) is 0 Å². The van der Waals surface area contributed by atoms with Crippen LogP contribution in [-0.4, -0.2) is 24.2 Å². The lowest BCUT2D eigenvalue weighted by molar-refractivity contribution is 0.101. The average molecular weight is 347 g/mol. The highest BCUT2D eigenvalue weighted by Gasteiger charge is 2.18. The highest BCUT2D eigenvalue weighted by molar-refractivity contribution is 6.05. The van der Waals surface area contributed by atoms with Gasteiger partial charge in [0, 0.05) is 24.7 Å². The molecule has 1 amide bonds. The molecule has 3 aromatic rings. The molecule has 4 rings (SSSR count). The van der Waals surface area contributed by atoms with Crippen molar-refractivity contribution in [2.75, 3.05) is 23.3 Å². The third kappa shape index (κ3) is 3.47. The highest BCUT2D eigenvalue weighted by Crippen LogP contribution is 2.29. The van der Waals surface area contributed by atoms with E-state index in [0.29, 0.717) is 5.76 Å². The van der Waals surface area contributed by atoms with Gasteiger partial charge in [-0.1, -0.05) is 47.6 Å². The summed E-state index contributed by atoms with van der Waals surface area (Å²) < 4.78 is 5.33. The Bertz CT molecular complexity index is 883. The quantitative estimate of drug-likeness (QED) is 0.750. The lowest BCUT2D eigenvalue weighted by atomic mass is 10.1. The van der Waals surface area contributed by atoms with Crippen molar-refractivity contribution in [3.63, 3.8) is 0 Å². The van der Waals surface area contributed by atoms with E-state index in [1.54, 1.807) is 6.07 Å². The van der Waals surface area contributed by atoms with Crippen LogP contribution in [0.5, 0.6) is 0 Å². The number of benzene rings is 2. The van der Waals surface area contributed by atoms with Crippen LogP contribution >= 0.6 is 0 Å². The van der Waals surface area contributed by atoms with Crippen molar-refractivity contribution in [2.45, 2.75) is 19.3 Å². The van der Waals surface area contributed by atoms with Gasteiger partial charge in [0.15, 0.2) is 11.5 Å². The Balaban J connectivity index is 1.53. The molecule has 1 aliphatic heterocycles. The molecule has 1 aromatic heterocycles. The summed E-state index contributed by atoms with van der Waals surface area (Å²) in [5.41, 5.74) is 3.04. The molecular formula is C21H21N3O2. The second-order valence-electron chi connectivity index (χ2n) is 6.46. The Morgan fingerprint density at radius 1 is 0.962 bits per heavy atom. The predicted octanol–water partition coefficient (Wildman–Crippen LogP) is 4.58. The number of para-hydroxylation sites is 2. The molecule has 0 spiro atoms. The van der Waals surface area contributed by atoms with Crippen LogP contribution < -0.4 is 10.2 Å². The molecule has 0 unspecified atom stereocenters. The van der Waals surface area contributed by atoms with Crippen molar-refractivity contribution in [3.05, 3.63) is 66.4 Å². The zero-order chi connectivity index (χ0) is 17.8. The molecule has 0 bridgehead atoms. The van der Waals surface area contributed by atoms with Gasteiger partial charge in [-0.2, -0.15) is 0 Å². The van der Waals surface area contributed by atoms with Crippen LogP contribution in [0, 0.1) is 0 Å². The normalized spacial score (nSPS) is 14.2. The third-order valence-electron chi connectivity index (χ3n) is 4.65. The number of aromatic nitrogens is 1. The molecule has 1 N–H and O–H groups in total. The SMILES string of the molecule is O=C(Nc1ccccc1N1CCCCC1)c1cc(-c2ccccc2)on1. The number of hydrogen-bond acceptors (Lipinski definition) is 4. The Morgan fingerprint density at radius 3 is 2.50 bits per heavy atom. The first-order valence-electron chi connectivity index (χ1n) is 8.99. The number of carbonyl (C=O) groups excluding carboxylic acids is 1. The molecule has 0 radical (unpaired) electrons. The molecule has 1 fully saturated rings. The van der Waals surface area contributed by atoms with Crippen LogP contribution in [0.2, 0.25) is 0 Å². The fourth-order valence-electron chi connectivity index (χ4n) is 3.30. The number of carbonyl (C=O) groups is 1. The minimum atomic E-state index is -0.264. The van der Waals surface area contributed by atoms with Crippen LogP contribution in [0.3, 0.4) is 0 Å². The number of amides is 1. The molecule has 132 valence electrons. The average Bonchev–Trinajstić information content (AvgIpc) is 3.20. The molecule has 0 saturated carbocycles. The van der Waals surface area contributed by atoms with Gasteiger partial charge in [-0.15, -0.1) is 0 Å².